The average Bonchev–Trinajstić information content (AvgIpc) is 3.38. The van der Waals surface area contributed by atoms with Crippen molar-refractivity contribution in [1.29, 1.82) is 0 Å². The predicted molar refractivity (Wildman–Crippen MR) is 127 cm³/mol. The fourth-order valence-electron chi connectivity index (χ4n) is 5.86. The third kappa shape index (κ3) is 5.69. The van der Waals surface area contributed by atoms with Gasteiger partial charge < -0.3 is 9.42 Å². The van der Waals surface area contributed by atoms with Crippen LogP contribution in [-0.2, 0) is 11.2 Å². The van der Waals surface area contributed by atoms with Crippen LogP contribution in [0.25, 0.3) is 0 Å². The van der Waals surface area contributed by atoms with Crippen LogP contribution in [0.1, 0.15) is 97.2 Å². The van der Waals surface area contributed by atoms with Crippen LogP contribution in [0.4, 0.5) is 0 Å². The molecule has 0 aromatic carbocycles. The average molecular weight is 456 g/mol. The Balaban J connectivity index is 0.982. The second-order valence-electron chi connectivity index (χ2n) is 10.5. The minimum absolute atomic E-state index is 0.400. The van der Waals surface area contributed by atoms with E-state index in [-0.39, 0.29) is 0 Å². The van der Waals surface area contributed by atoms with Crippen molar-refractivity contribution >= 4 is 17.1 Å². The zero-order valence-electron chi connectivity index (χ0n) is 19.4. The molecule has 2 saturated carbocycles. The summed E-state index contributed by atoms with van der Waals surface area (Å²) in [4.78, 5) is 20.5. The summed E-state index contributed by atoms with van der Waals surface area (Å²) >= 11 is 1.66. The van der Waals surface area contributed by atoms with Crippen LogP contribution < -0.4 is 0 Å². The molecule has 3 fully saturated rings. The molecule has 2 aromatic rings. The zero-order chi connectivity index (χ0) is 21.9. The molecule has 32 heavy (non-hydrogen) atoms. The molecule has 0 atom stereocenters. The molecular formula is C26H37N3O2S. The summed E-state index contributed by atoms with van der Waals surface area (Å²) in [7, 11) is 0. The molecule has 3 aliphatic rings. The van der Waals surface area contributed by atoms with E-state index in [1.54, 1.807) is 11.3 Å². The van der Waals surface area contributed by atoms with Crippen molar-refractivity contribution in [2.24, 2.45) is 11.8 Å². The van der Waals surface area contributed by atoms with E-state index in [1.807, 2.05) is 19.4 Å². The molecule has 0 amide bonds. The number of rotatable bonds is 9. The van der Waals surface area contributed by atoms with Gasteiger partial charge in [0.25, 0.3) is 0 Å². The first-order valence-corrected chi connectivity index (χ1v) is 13.5. The van der Waals surface area contributed by atoms with Crippen molar-refractivity contribution < 1.29 is 9.32 Å². The summed E-state index contributed by atoms with van der Waals surface area (Å²) in [5.74, 6) is 3.18. The monoisotopic (exact) mass is 455 g/mol. The molecule has 1 saturated heterocycles. The van der Waals surface area contributed by atoms with Gasteiger partial charge in [0.15, 0.2) is 0 Å². The minimum atomic E-state index is 0.400. The minimum Gasteiger partial charge on any atom is -0.364 e. The second-order valence-corrected chi connectivity index (χ2v) is 11.8. The molecule has 0 unspecified atom stereocenters. The molecule has 0 bridgehead atoms. The van der Waals surface area contributed by atoms with Gasteiger partial charge in [-0.2, -0.15) is 0 Å². The van der Waals surface area contributed by atoms with Crippen molar-refractivity contribution in [3.05, 3.63) is 33.6 Å². The number of Topliss-reactive ketones (excluding diaryl/α,β-unsaturated/α-hetero) is 1. The molecule has 5 rings (SSSR count). The topological polar surface area (TPSA) is 59.2 Å². The van der Waals surface area contributed by atoms with Gasteiger partial charge in [-0.05, 0) is 89.3 Å². The van der Waals surface area contributed by atoms with Crippen molar-refractivity contribution in [3.63, 3.8) is 0 Å². The first kappa shape index (κ1) is 22.3. The zero-order valence-corrected chi connectivity index (χ0v) is 20.2. The van der Waals surface area contributed by atoms with Gasteiger partial charge in [-0.3, -0.25) is 4.79 Å². The van der Waals surface area contributed by atoms with Gasteiger partial charge in [-0.25, -0.2) is 4.98 Å². The highest BCUT2D eigenvalue weighted by Gasteiger charge is 2.33. The van der Waals surface area contributed by atoms with E-state index in [4.69, 9.17) is 4.52 Å². The molecular weight excluding hydrogens is 418 g/mol. The summed E-state index contributed by atoms with van der Waals surface area (Å²) in [6, 6.07) is 0. The second kappa shape index (κ2) is 10.2. The number of hydrogen-bond acceptors (Lipinski definition) is 6. The highest BCUT2D eigenvalue weighted by atomic mass is 32.1. The molecule has 5 nitrogen and oxygen atoms in total. The fourth-order valence-corrected chi connectivity index (χ4v) is 6.68. The summed E-state index contributed by atoms with van der Waals surface area (Å²) in [5, 5.41) is 5.43. The van der Waals surface area contributed by atoms with Gasteiger partial charge in [0, 0.05) is 35.4 Å². The van der Waals surface area contributed by atoms with Gasteiger partial charge in [0.05, 0.1) is 10.7 Å². The van der Waals surface area contributed by atoms with Gasteiger partial charge in [-0.15, -0.1) is 11.3 Å². The number of likely N-dealkylation sites (tertiary alicyclic amines) is 1. The lowest BCUT2D eigenvalue weighted by molar-refractivity contribution is -0.119. The number of nitrogens with zero attached hydrogens (tertiary/aromatic N) is 3. The first-order chi connectivity index (χ1) is 15.6. The lowest BCUT2D eigenvalue weighted by Gasteiger charge is -2.34. The SMILES string of the molecule is Cc1ncc(CC(=O)CC2CCC(CCN3CCC(c4nocc4C4CC4)CC3)CC2)s1. The Morgan fingerprint density at radius 3 is 2.50 bits per heavy atom. The van der Waals surface area contributed by atoms with Crippen molar-refractivity contribution in [1.82, 2.24) is 15.0 Å². The number of aryl methyl sites for hydroxylation is 1. The van der Waals surface area contributed by atoms with E-state index in [2.05, 4.69) is 15.0 Å². The highest BCUT2D eigenvalue weighted by Crippen LogP contribution is 2.44. The molecule has 3 heterocycles. The molecule has 0 N–H and O–H groups in total. The number of thiazole rings is 1. The normalized spacial score (nSPS) is 25.3. The largest absolute Gasteiger partial charge is 0.364 e. The van der Waals surface area contributed by atoms with Crippen molar-refractivity contribution in [2.75, 3.05) is 19.6 Å². The molecule has 174 valence electrons. The van der Waals surface area contributed by atoms with Crippen molar-refractivity contribution in [3.8, 4) is 0 Å². The number of ketones is 1. The lowest BCUT2D eigenvalue weighted by Crippen LogP contribution is -2.35. The maximum absolute atomic E-state index is 12.4. The Labute approximate surface area is 196 Å². The maximum Gasteiger partial charge on any atom is 0.138 e. The Hall–Kier alpha value is -1.53. The van der Waals surface area contributed by atoms with Gasteiger partial charge in [0.1, 0.15) is 12.0 Å². The number of aromatic nitrogens is 2. The molecule has 1 aliphatic heterocycles. The van der Waals surface area contributed by atoms with Crippen LogP contribution in [0.2, 0.25) is 0 Å². The maximum atomic E-state index is 12.4. The molecule has 2 aromatic heterocycles. The van der Waals surface area contributed by atoms with E-state index in [9.17, 15) is 4.79 Å². The van der Waals surface area contributed by atoms with Crippen LogP contribution in [-0.4, -0.2) is 40.5 Å². The Morgan fingerprint density at radius 1 is 1.06 bits per heavy atom. The van der Waals surface area contributed by atoms with Crippen LogP contribution in [0, 0.1) is 18.8 Å². The van der Waals surface area contributed by atoms with Crippen LogP contribution in [0.3, 0.4) is 0 Å². The van der Waals surface area contributed by atoms with E-state index in [0.29, 0.717) is 24.0 Å². The first-order valence-electron chi connectivity index (χ1n) is 12.7. The van der Waals surface area contributed by atoms with Crippen molar-refractivity contribution in [2.45, 2.75) is 89.4 Å². The van der Waals surface area contributed by atoms with E-state index < -0.39 is 0 Å². The number of carbonyl (C=O) groups is 1. The van der Waals surface area contributed by atoms with Crippen LogP contribution >= 0.6 is 11.3 Å². The lowest BCUT2D eigenvalue weighted by atomic mass is 9.78. The van der Waals surface area contributed by atoms with Crippen LogP contribution in [0.15, 0.2) is 17.0 Å². The predicted octanol–water partition coefficient (Wildman–Crippen LogP) is 5.89. The van der Waals surface area contributed by atoms with Gasteiger partial charge >= 0.3 is 0 Å². The van der Waals surface area contributed by atoms with Crippen LogP contribution in [0.5, 0.6) is 0 Å². The number of carbonyl (C=O) groups excluding carboxylic acids is 1. The number of piperidine rings is 1. The molecule has 6 heteroatoms. The summed E-state index contributed by atoms with van der Waals surface area (Å²) < 4.78 is 5.33. The fraction of sp³-hybridized carbons (Fsp3) is 0.731. The standard InChI is InChI=1S/C26H37N3O2S/c1-18-27-16-24(32-18)15-23(30)14-20-4-2-19(3-5-20)8-11-29-12-9-22(10-13-29)26-25(17-31-28-26)21-6-7-21/h16-17,19-22H,2-15H2,1H3. The van der Waals surface area contributed by atoms with E-state index in [1.165, 1.54) is 88.7 Å². The third-order valence-electron chi connectivity index (χ3n) is 7.99. The molecule has 0 radical (unpaired) electrons. The Bertz CT molecular complexity index is 887. The van der Waals surface area contributed by atoms with E-state index >= 15 is 0 Å². The Morgan fingerprint density at radius 2 is 1.81 bits per heavy atom. The van der Waals surface area contributed by atoms with Gasteiger partial charge in [-0.1, -0.05) is 18.0 Å². The summed E-state index contributed by atoms with van der Waals surface area (Å²) in [6.07, 6.45) is 16.6. The van der Waals surface area contributed by atoms with E-state index in [0.717, 1.165) is 28.1 Å². The summed E-state index contributed by atoms with van der Waals surface area (Å²) in [6.45, 7) is 5.63. The third-order valence-corrected chi connectivity index (χ3v) is 8.91. The highest BCUT2D eigenvalue weighted by molar-refractivity contribution is 7.11. The van der Waals surface area contributed by atoms with Gasteiger partial charge in [0.2, 0.25) is 0 Å². The molecule has 2 aliphatic carbocycles. The molecule has 0 spiro atoms. The smallest absolute Gasteiger partial charge is 0.138 e. The number of hydrogen-bond donors (Lipinski definition) is 0. The summed E-state index contributed by atoms with van der Waals surface area (Å²) in [5.41, 5.74) is 2.67. The Kier molecular flexibility index (Phi) is 7.08. The quantitative estimate of drug-likeness (QED) is 0.471.